The van der Waals surface area contributed by atoms with Crippen molar-refractivity contribution in [2.45, 2.75) is 20.0 Å². The molecule has 9 nitrogen and oxygen atoms in total. The summed E-state index contributed by atoms with van der Waals surface area (Å²) in [5.74, 6) is 0.507. The Morgan fingerprint density at radius 2 is 1.97 bits per heavy atom. The van der Waals surface area contributed by atoms with E-state index in [2.05, 4.69) is 4.90 Å². The number of benzene rings is 2. The normalized spacial score (nSPS) is 14.3. The van der Waals surface area contributed by atoms with Crippen molar-refractivity contribution in [3.8, 4) is 22.8 Å². The van der Waals surface area contributed by atoms with E-state index < -0.39 is 5.91 Å². The summed E-state index contributed by atoms with van der Waals surface area (Å²) in [6, 6.07) is 8.77. The highest BCUT2D eigenvalue weighted by atomic mass is 16.5. The number of aromatic nitrogens is 1. The van der Waals surface area contributed by atoms with Gasteiger partial charge in [-0.25, -0.2) is 4.98 Å². The van der Waals surface area contributed by atoms with Gasteiger partial charge in [-0.05, 0) is 42.7 Å². The van der Waals surface area contributed by atoms with Crippen molar-refractivity contribution in [3.63, 3.8) is 0 Å². The zero-order chi connectivity index (χ0) is 24.9. The van der Waals surface area contributed by atoms with Gasteiger partial charge in [0, 0.05) is 42.3 Å². The van der Waals surface area contributed by atoms with Gasteiger partial charge in [0.25, 0.3) is 5.91 Å². The Balaban J connectivity index is 1.66. The fourth-order valence-electron chi connectivity index (χ4n) is 4.34. The van der Waals surface area contributed by atoms with Crippen LogP contribution in [0.4, 0.5) is 5.69 Å². The molecule has 1 amide bonds. The SMILES string of the molecule is COc1cc2nc(-c3ccc(N)c(C)c3CO)c(C(N)=O)cc2cc1OCCCN1CCOCC1. The maximum atomic E-state index is 12.4. The van der Waals surface area contributed by atoms with Crippen LogP contribution in [0.2, 0.25) is 0 Å². The molecule has 5 N–H and O–H groups in total. The maximum Gasteiger partial charge on any atom is 0.250 e. The molecule has 0 unspecified atom stereocenters. The smallest absolute Gasteiger partial charge is 0.250 e. The number of primary amides is 1. The Kier molecular flexibility index (Phi) is 7.70. The van der Waals surface area contributed by atoms with Gasteiger partial charge in [-0.15, -0.1) is 0 Å². The first-order valence-electron chi connectivity index (χ1n) is 11.7. The van der Waals surface area contributed by atoms with Crippen molar-refractivity contribution in [2.24, 2.45) is 5.73 Å². The van der Waals surface area contributed by atoms with Gasteiger partial charge in [-0.1, -0.05) is 6.07 Å². The van der Waals surface area contributed by atoms with Crippen LogP contribution < -0.4 is 20.9 Å². The van der Waals surface area contributed by atoms with Crippen molar-refractivity contribution in [3.05, 3.63) is 47.0 Å². The van der Waals surface area contributed by atoms with Crippen LogP contribution in [-0.4, -0.2) is 67.5 Å². The summed E-state index contributed by atoms with van der Waals surface area (Å²) < 4.78 is 17.0. The number of rotatable bonds is 9. The zero-order valence-electron chi connectivity index (χ0n) is 20.2. The van der Waals surface area contributed by atoms with Crippen molar-refractivity contribution in [1.82, 2.24) is 9.88 Å². The fraction of sp³-hybridized carbons (Fsp3) is 0.385. The van der Waals surface area contributed by atoms with Gasteiger partial charge in [-0.3, -0.25) is 9.69 Å². The van der Waals surface area contributed by atoms with Crippen LogP contribution in [0.25, 0.3) is 22.2 Å². The molecule has 0 spiro atoms. The molecule has 2 aromatic carbocycles. The fourth-order valence-corrected chi connectivity index (χ4v) is 4.34. The van der Waals surface area contributed by atoms with E-state index in [0.717, 1.165) is 44.8 Å². The number of nitrogens with two attached hydrogens (primary N) is 2. The Labute approximate surface area is 204 Å². The van der Waals surface area contributed by atoms with Crippen LogP contribution >= 0.6 is 0 Å². The molecule has 1 aliphatic heterocycles. The first-order valence-corrected chi connectivity index (χ1v) is 11.7. The summed E-state index contributed by atoms with van der Waals surface area (Å²) in [5.41, 5.74) is 15.5. The summed E-state index contributed by atoms with van der Waals surface area (Å²) in [6.45, 7) is 6.45. The summed E-state index contributed by atoms with van der Waals surface area (Å²) in [4.78, 5) is 19.5. The lowest BCUT2D eigenvalue weighted by Gasteiger charge is -2.26. The van der Waals surface area contributed by atoms with Gasteiger partial charge < -0.3 is 30.8 Å². The predicted molar refractivity (Wildman–Crippen MR) is 135 cm³/mol. The molecule has 186 valence electrons. The number of fused-ring (bicyclic) bond motifs is 1. The number of carbonyl (C=O) groups excluding carboxylic acids is 1. The average molecular weight is 481 g/mol. The number of aliphatic hydroxyl groups is 1. The third kappa shape index (κ3) is 5.32. The van der Waals surface area contributed by atoms with E-state index in [1.54, 1.807) is 31.4 Å². The molecule has 0 saturated carbocycles. The Bertz CT molecular complexity index is 1220. The van der Waals surface area contributed by atoms with Gasteiger partial charge >= 0.3 is 0 Å². The standard InChI is InChI=1S/C26H32N4O5/c1-16-20(15-31)18(4-5-21(16)27)25-19(26(28)32)12-17-13-24(23(33-2)14-22(17)29-25)35-9-3-6-30-7-10-34-11-8-30/h4-5,12-14,31H,3,6-11,15,27H2,1-2H3,(H2,28,32). The van der Waals surface area contributed by atoms with Gasteiger partial charge in [-0.2, -0.15) is 0 Å². The van der Waals surface area contributed by atoms with Crippen LogP contribution in [0.3, 0.4) is 0 Å². The quantitative estimate of drug-likeness (QED) is 0.314. The van der Waals surface area contributed by atoms with Gasteiger partial charge in [0.1, 0.15) is 0 Å². The van der Waals surface area contributed by atoms with Crippen LogP contribution in [0.1, 0.15) is 27.9 Å². The topological polar surface area (TPSA) is 133 Å². The molecule has 4 rings (SSSR count). The van der Waals surface area contributed by atoms with Crippen LogP contribution in [0.5, 0.6) is 11.5 Å². The number of morpholine rings is 1. The number of nitrogens with zero attached hydrogens (tertiary/aromatic N) is 2. The molecule has 1 aliphatic rings. The van der Waals surface area contributed by atoms with E-state index in [-0.39, 0.29) is 12.2 Å². The zero-order valence-corrected chi connectivity index (χ0v) is 20.2. The highest BCUT2D eigenvalue weighted by Crippen LogP contribution is 2.36. The number of nitrogen functional groups attached to an aromatic ring is 1. The minimum atomic E-state index is -0.614. The highest BCUT2D eigenvalue weighted by molar-refractivity contribution is 6.03. The number of anilines is 1. The summed E-state index contributed by atoms with van der Waals surface area (Å²) in [5, 5.41) is 10.7. The molecule has 1 saturated heterocycles. The van der Waals surface area contributed by atoms with Gasteiger partial charge in [0.15, 0.2) is 11.5 Å². The number of methoxy groups -OCH3 is 1. The van der Waals surface area contributed by atoms with Crippen molar-refractivity contribution in [2.75, 3.05) is 52.3 Å². The number of pyridine rings is 1. The summed E-state index contributed by atoms with van der Waals surface area (Å²) >= 11 is 0. The first kappa shape index (κ1) is 24.7. The van der Waals surface area contributed by atoms with Crippen LogP contribution in [-0.2, 0) is 11.3 Å². The number of aliphatic hydroxyl groups excluding tert-OH is 1. The minimum Gasteiger partial charge on any atom is -0.493 e. The van der Waals surface area contributed by atoms with Crippen molar-refractivity contribution in [1.29, 1.82) is 0 Å². The van der Waals surface area contributed by atoms with E-state index >= 15 is 0 Å². The highest BCUT2D eigenvalue weighted by Gasteiger charge is 2.20. The second kappa shape index (κ2) is 10.9. The Morgan fingerprint density at radius 3 is 2.66 bits per heavy atom. The van der Waals surface area contributed by atoms with Crippen molar-refractivity contribution < 1.29 is 24.1 Å². The van der Waals surface area contributed by atoms with Crippen LogP contribution in [0, 0.1) is 6.92 Å². The minimum absolute atomic E-state index is 0.245. The third-order valence-corrected chi connectivity index (χ3v) is 6.40. The van der Waals surface area contributed by atoms with E-state index in [0.29, 0.717) is 51.5 Å². The molecular weight excluding hydrogens is 448 g/mol. The monoisotopic (exact) mass is 480 g/mol. The average Bonchev–Trinajstić information content (AvgIpc) is 2.87. The van der Waals surface area contributed by atoms with E-state index in [4.69, 9.17) is 30.7 Å². The molecule has 1 aromatic heterocycles. The van der Waals surface area contributed by atoms with Gasteiger partial charge in [0.05, 0.1) is 50.3 Å². The first-order chi connectivity index (χ1) is 16.9. The Morgan fingerprint density at radius 1 is 1.20 bits per heavy atom. The number of carbonyl (C=O) groups is 1. The number of ether oxygens (including phenoxy) is 3. The summed E-state index contributed by atoms with van der Waals surface area (Å²) in [7, 11) is 1.58. The molecule has 9 heteroatoms. The van der Waals surface area contributed by atoms with Crippen LogP contribution in [0.15, 0.2) is 30.3 Å². The second-order valence-electron chi connectivity index (χ2n) is 8.56. The lowest BCUT2D eigenvalue weighted by atomic mass is 9.94. The number of hydrogen-bond acceptors (Lipinski definition) is 8. The molecule has 1 fully saturated rings. The molecule has 0 bridgehead atoms. The predicted octanol–water partition coefficient (Wildman–Crippen LogP) is 2.49. The largest absolute Gasteiger partial charge is 0.493 e. The molecule has 0 atom stereocenters. The molecule has 0 aliphatic carbocycles. The van der Waals surface area contributed by atoms with Crippen molar-refractivity contribution >= 4 is 22.5 Å². The molecule has 0 radical (unpaired) electrons. The number of hydrogen-bond donors (Lipinski definition) is 3. The maximum absolute atomic E-state index is 12.4. The van der Waals surface area contributed by atoms with E-state index in [9.17, 15) is 9.90 Å². The number of amides is 1. The van der Waals surface area contributed by atoms with E-state index in [1.165, 1.54) is 0 Å². The molecule has 2 heterocycles. The molecule has 3 aromatic rings. The third-order valence-electron chi connectivity index (χ3n) is 6.40. The lowest BCUT2D eigenvalue weighted by molar-refractivity contribution is 0.0357. The summed E-state index contributed by atoms with van der Waals surface area (Å²) in [6.07, 6.45) is 0.866. The van der Waals surface area contributed by atoms with Gasteiger partial charge in [0.2, 0.25) is 0 Å². The van der Waals surface area contributed by atoms with E-state index in [1.807, 2.05) is 13.0 Å². The Hall–Kier alpha value is -3.40. The molecular formula is C26H32N4O5. The second-order valence-corrected chi connectivity index (χ2v) is 8.56. The lowest BCUT2D eigenvalue weighted by Crippen LogP contribution is -2.37. The molecule has 35 heavy (non-hydrogen) atoms.